The molecule has 13 heavy (non-hydrogen) atoms. The summed E-state index contributed by atoms with van der Waals surface area (Å²) in [5, 5.41) is 13.1. The van der Waals surface area contributed by atoms with E-state index < -0.39 is 4.92 Å². The summed E-state index contributed by atoms with van der Waals surface area (Å²) in [6.45, 7) is 0.220. The Morgan fingerprint density at radius 3 is 3.15 bits per heavy atom. The Morgan fingerprint density at radius 2 is 2.54 bits per heavy atom. The summed E-state index contributed by atoms with van der Waals surface area (Å²) in [6.07, 6.45) is 6.46. The van der Waals surface area contributed by atoms with Gasteiger partial charge in [-0.25, -0.2) is 4.98 Å². The second kappa shape index (κ2) is 4.07. The molecule has 0 bridgehead atoms. The summed E-state index contributed by atoms with van der Waals surface area (Å²) in [4.78, 5) is 13.7. The van der Waals surface area contributed by atoms with Crippen molar-refractivity contribution < 1.29 is 4.92 Å². The summed E-state index contributed by atoms with van der Waals surface area (Å²) in [5.74, 6) is 2.51. The summed E-state index contributed by atoms with van der Waals surface area (Å²) in [7, 11) is 0. The van der Waals surface area contributed by atoms with Gasteiger partial charge in [0.25, 0.3) is 0 Å². The van der Waals surface area contributed by atoms with E-state index in [2.05, 4.69) is 16.2 Å². The Bertz CT molecular complexity index is 357. The topological polar surface area (TPSA) is 68.1 Å². The lowest BCUT2D eigenvalue weighted by atomic mass is 10.4. The third-order valence-corrected chi connectivity index (χ3v) is 1.34. The number of rotatable bonds is 3. The average molecular weight is 177 g/mol. The lowest BCUT2D eigenvalue weighted by Crippen LogP contribution is -2.03. The van der Waals surface area contributed by atoms with Crippen LogP contribution in [0.25, 0.3) is 0 Å². The first kappa shape index (κ1) is 9.00. The first-order valence-electron chi connectivity index (χ1n) is 3.52. The van der Waals surface area contributed by atoms with Gasteiger partial charge in [-0.05, 0) is 6.07 Å². The van der Waals surface area contributed by atoms with E-state index in [4.69, 9.17) is 6.42 Å². The van der Waals surface area contributed by atoms with Crippen molar-refractivity contribution in [1.82, 2.24) is 4.98 Å². The van der Waals surface area contributed by atoms with Gasteiger partial charge in [0.1, 0.15) is 0 Å². The van der Waals surface area contributed by atoms with Crippen molar-refractivity contribution >= 4 is 11.5 Å². The number of hydrogen-bond acceptors (Lipinski definition) is 4. The molecule has 1 heterocycles. The number of aromatic nitrogens is 1. The van der Waals surface area contributed by atoms with Crippen LogP contribution in [0.15, 0.2) is 18.3 Å². The fourth-order valence-electron chi connectivity index (χ4n) is 0.815. The van der Waals surface area contributed by atoms with Gasteiger partial charge in [0.2, 0.25) is 5.82 Å². The van der Waals surface area contributed by atoms with Crippen LogP contribution >= 0.6 is 0 Å². The van der Waals surface area contributed by atoms with Gasteiger partial charge in [-0.15, -0.1) is 6.42 Å². The SMILES string of the molecule is C#CCNc1ncccc1[N+](=O)[O-]. The summed E-state index contributed by atoms with van der Waals surface area (Å²) in [6, 6.07) is 2.87. The Labute approximate surface area is 74.9 Å². The Kier molecular flexibility index (Phi) is 2.82. The molecule has 1 N–H and O–H groups in total. The maximum absolute atomic E-state index is 10.5. The zero-order valence-corrected chi connectivity index (χ0v) is 6.73. The molecule has 0 atom stereocenters. The Hall–Kier alpha value is -2.09. The molecule has 0 aliphatic heterocycles. The van der Waals surface area contributed by atoms with Gasteiger partial charge in [-0.3, -0.25) is 10.1 Å². The molecule has 66 valence electrons. The van der Waals surface area contributed by atoms with Gasteiger partial charge >= 0.3 is 5.69 Å². The summed E-state index contributed by atoms with van der Waals surface area (Å²) < 4.78 is 0. The summed E-state index contributed by atoms with van der Waals surface area (Å²) >= 11 is 0. The van der Waals surface area contributed by atoms with E-state index in [0.717, 1.165) is 0 Å². The van der Waals surface area contributed by atoms with Gasteiger partial charge in [-0.2, -0.15) is 0 Å². The molecule has 1 aromatic rings. The number of anilines is 1. The quantitative estimate of drug-likeness (QED) is 0.425. The van der Waals surface area contributed by atoms with E-state index in [-0.39, 0.29) is 18.1 Å². The standard InChI is InChI=1S/C8H7N3O2/c1-2-5-9-8-7(11(12)13)4-3-6-10-8/h1,3-4,6H,5H2,(H,9,10). The lowest BCUT2D eigenvalue weighted by molar-refractivity contribution is -0.384. The minimum Gasteiger partial charge on any atom is -0.353 e. The molecule has 0 fully saturated rings. The average Bonchev–Trinajstić information content (AvgIpc) is 2.15. The Balaban J connectivity index is 2.92. The van der Waals surface area contributed by atoms with Gasteiger partial charge < -0.3 is 5.32 Å². The monoisotopic (exact) mass is 177 g/mol. The maximum atomic E-state index is 10.5. The molecule has 0 aliphatic rings. The molecule has 0 spiro atoms. The van der Waals surface area contributed by atoms with Crippen LogP contribution in [0.3, 0.4) is 0 Å². The van der Waals surface area contributed by atoms with Gasteiger partial charge in [-0.1, -0.05) is 5.92 Å². The number of nitrogens with one attached hydrogen (secondary N) is 1. The molecule has 0 saturated carbocycles. The van der Waals surface area contributed by atoms with Crippen LogP contribution in [-0.4, -0.2) is 16.5 Å². The van der Waals surface area contributed by atoms with Crippen LogP contribution in [0.5, 0.6) is 0 Å². The second-order valence-corrected chi connectivity index (χ2v) is 2.19. The fourth-order valence-corrected chi connectivity index (χ4v) is 0.815. The lowest BCUT2D eigenvalue weighted by Gasteiger charge is -2.00. The molecular formula is C8H7N3O2. The van der Waals surface area contributed by atoms with Crippen LogP contribution in [0.2, 0.25) is 0 Å². The first-order valence-corrected chi connectivity index (χ1v) is 3.52. The number of hydrogen-bond donors (Lipinski definition) is 1. The maximum Gasteiger partial charge on any atom is 0.311 e. The van der Waals surface area contributed by atoms with Crippen LogP contribution in [0.1, 0.15) is 0 Å². The van der Waals surface area contributed by atoms with E-state index in [1.54, 1.807) is 0 Å². The molecule has 0 unspecified atom stereocenters. The van der Waals surface area contributed by atoms with Crippen LogP contribution < -0.4 is 5.32 Å². The number of nitro groups is 1. The molecule has 0 saturated heterocycles. The molecule has 1 aromatic heterocycles. The van der Waals surface area contributed by atoms with Gasteiger partial charge in [0, 0.05) is 12.3 Å². The van der Waals surface area contributed by atoms with E-state index in [1.165, 1.54) is 18.3 Å². The largest absolute Gasteiger partial charge is 0.353 e. The first-order chi connectivity index (χ1) is 6.25. The van der Waals surface area contributed by atoms with Crippen LogP contribution in [-0.2, 0) is 0 Å². The van der Waals surface area contributed by atoms with Crippen molar-refractivity contribution in [2.24, 2.45) is 0 Å². The summed E-state index contributed by atoms with van der Waals surface area (Å²) in [5.41, 5.74) is -0.0715. The number of pyridine rings is 1. The molecule has 0 radical (unpaired) electrons. The zero-order valence-electron chi connectivity index (χ0n) is 6.73. The minimum absolute atomic E-state index is 0.0715. The van der Waals surface area contributed by atoms with Gasteiger partial charge in [0.05, 0.1) is 11.5 Å². The third-order valence-electron chi connectivity index (χ3n) is 1.34. The van der Waals surface area contributed by atoms with Crippen LogP contribution in [0, 0.1) is 22.5 Å². The van der Waals surface area contributed by atoms with Crippen molar-refractivity contribution in [1.29, 1.82) is 0 Å². The predicted octanol–water partition coefficient (Wildman–Crippen LogP) is 1.03. The van der Waals surface area contributed by atoms with E-state index >= 15 is 0 Å². The fraction of sp³-hybridized carbons (Fsp3) is 0.125. The molecule has 0 aromatic carbocycles. The molecule has 0 amide bonds. The highest BCUT2D eigenvalue weighted by atomic mass is 16.6. The number of terminal acetylenes is 1. The molecule has 5 heteroatoms. The van der Waals surface area contributed by atoms with Crippen molar-refractivity contribution in [3.8, 4) is 12.3 Å². The number of nitrogens with zero attached hydrogens (tertiary/aromatic N) is 2. The van der Waals surface area contributed by atoms with Crippen molar-refractivity contribution in [3.05, 3.63) is 28.4 Å². The molecule has 0 aliphatic carbocycles. The molecule has 1 rings (SSSR count). The smallest absolute Gasteiger partial charge is 0.311 e. The van der Waals surface area contributed by atoms with Crippen molar-refractivity contribution in [3.63, 3.8) is 0 Å². The highest BCUT2D eigenvalue weighted by Gasteiger charge is 2.12. The molecular weight excluding hydrogens is 170 g/mol. The normalized spacial score (nSPS) is 8.85. The van der Waals surface area contributed by atoms with E-state index in [1.807, 2.05) is 0 Å². The second-order valence-electron chi connectivity index (χ2n) is 2.19. The van der Waals surface area contributed by atoms with Gasteiger partial charge in [0.15, 0.2) is 0 Å². The Morgan fingerprint density at radius 1 is 1.77 bits per heavy atom. The van der Waals surface area contributed by atoms with Crippen molar-refractivity contribution in [2.75, 3.05) is 11.9 Å². The van der Waals surface area contributed by atoms with Crippen molar-refractivity contribution in [2.45, 2.75) is 0 Å². The molecule has 5 nitrogen and oxygen atoms in total. The van der Waals surface area contributed by atoms with Crippen LogP contribution in [0.4, 0.5) is 11.5 Å². The highest BCUT2D eigenvalue weighted by Crippen LogP contribution is 2.19. The highest BCUT2D eigenvalue weighted by molar-refractivity contribution is 5.55. The zero-order chi connectivity index (χ0) is 9.68. The predicted molar refractivity (Wildman–Crippen MR) is 48.2 cm³/mol. The van der Waals surface area contributed by atoms with E-state index in [0.29, 0.717) is 0 Å². The third kappa shape index (κ3) is 2.17. The van der Waals surface area contributed by atoms with E-state index in [9.17, 15) is 10.1 Å². The minimum atomic E-state index is -0.508.